The number of rotatable bonds is 5. The van der Waals surface area contributed by atoms with Crippen LogP contribution in [0.15, 0.2) is 59.5 Å². The Kier molecular flexibility index (Phi) is 4.02. The van der Waals surface area contributed by atoms with E-state index in [1.807, 2.05) is 18.2 Å². The maximum atomic E-state index is 12.7. The first-order chi connectivity index (χ1) is 10.4. The molecule has 5 heteroatoms. The lowest BCUT2D eigenvalue weighted by molar-refractivity contribution is 0.427. The maximum Gasteiger partial charge on any atom is 0.242 e. The molecule has 1 aliphatic carbocycles. The van der Waals surface area contributed by atoms with Gasteiger partial charge in [0.15, 0.2) is 0 Å². The maximum absolute atomic E-state index is 12.7. The summed E-state index contributed by atoms with van der Waals surface area (Å²) in [5.41, 5.74) is 1.18. The van der Waals surface area contributed by atoms with Crippen LogP contribution in [-0.2, 0) is 15.4 Å². The van der Waals surface area contributed by atoms with Gasteiger partial charge in [0.05, 0.1) is 4.90 Å². The zero-order valence-electron chi connectivity index (χ0n) is 12.4. The SMILES string of the molecule is CN(CC1(c2ccccc2)CC1)S(=O)(=O)c1ccc(Cl)cc1. The Bertz CT molecular complexity index is 753. The predicted molar refractivity (Wildman–Crippen MR) is 88.6 cm³/mol. The van der Waals surface area contributed by atoms with Gasteiger partial charge in [-0.25, -0.2) is 12.7 Å². The molecule has 1 saturated carbocycles. The first-order valence-electron chi connectivity index (χ1n) is 7.22. The van der Waals surface area contributed by atoms with Crippen LogP contribution < -0.4 is 0 Å². The second-order valence-corrected chi connectivity index (χ2v) is 8.34. The Morgan fingerprint density at radius 2 is 1.64 bits per heavy atom. The average Bonchev–Trinajstić information content (AvgIpc) is 3.29. The number of likely N-dealkylation sites (N-methyl/N-ethyl adjacent to an activating group) is 1. The van der Waals surface area contributed by atoms with Gasteiger partial charge in [-0.05, 0) is 42.7 Å². The lowest BCUT2D eigenvalue weighted by Gasteiger charge is -2.24. The zero-order valence-corrected chi connectivity index (χ0v) is 13.9. The van der Waals surface area contributed by atoms with Crippen molar-refractivity contribution in [1.82, 2.24) is 4.31 Å². The van der Waals surface area contributed by atoms with Gasteiger partial charge >= 0.3 is 0 Å². The molecule has 3 nitrogen and oxygen atoms in total. The van der Waals surface area contributed by atoms with Gasteiger partial charge in [0, 0.05) is 24.0 Å². The Hall–Kier alpha value is -1.36. The highest BCUT2D eigenvalue weighted by atomic mass is 35.5. The van der Waals surface area contributed by atoms with E-state index >= 15 is 0 Å². The van der Waals surface area contributed by atoms with Gasteiger partial charge < -0.3 is 0 Å². The molecule has 0 saturated heterocycles. The van der Waals surface area contributed by atoms with E-state index in [0.717, 1.165) is 12.8 Å². The molecule has 0 aliphatic heterocycles. The van der Waals surface area contributed by atoms with Crippen molar-refractivity contribution in [3.8, 4) is 0 Å². The van der Waals surface area contributed by atoms with Crippen LogP contribution in [-0.4, -0.2) is 26.3 Å². The topological polar surface area (TPSA) is 37.4 Å². The molecule has 0 unspecified atom stereocenters. The summed E-state index contributed by atoms with van der Waals surface area (Å²) in [5.74, 6) is 0. The molecule has 1 aliphatic rings. The van der Waals surface area contributed by atoms with E-state index in [1.54, 1.807) is 31.3 Å². The van der Waals surface area contributed by atoms with Crippen molar-refractivity contribution in [2.75, 3.05) is 13.6 Å². The number of halogens is 1. The molecule has 1 fully saturated rings. The van der Waals surface area contributed by atoms with Crippen molar-refractivity contribution in [3.05, 3.63) is 65.2 Å². The summed E-state index contributed by atoms with van der Waals surface area (Å²) in [6.07, 6.45) is 2.05. The first-order valence-corrected chi connectivity index (χ1v) is 9.03. The van der Waals surface area contributed by atoms with Crippen LogP contribution in [0.4, 0.5) is 0 Å². The highest BCUT2D eigenvalue weighted by Crippen LogP contribution is 2.49. The van der Waals surface area contributed by atoms with E-state index < -0.39 is 10.0 Å². The number of sulfonamides is 1. The van der Waals surface area contributed by atoms with Gasteiger partial charge in [-0.2, -0.15) is 0 Å². The van der Waals surface area contributed by atoms with Gasteiger partial charge in [0.25, 0.3) is 0 Å². The van der Waals surface area contributed by atoms with Crippen molar-refractivity contribution in [2.45, 2.75) is 23.2 Å². The van der Waals surface area contributed by atoms with Crippen LogP contribution in [0, 0.1) is 0 Å². The van der Waals surface area contributed by atoms with Crippen LogP contribution in [0.5, 0.6) is 0 Å². The minimum atomic E-state index is -3.48. The molecular formula is C17H18ClNO2S. The van der Waals surface area contributed by atoms with E-state index in [-0.39, 0.29) is 10.3 Å². The van der Waals surface area contributed by atoms with Gasteiger partial charge in [0.1, 0.15) is 0 Å². The fourth-order valence-electron chi connectivity index (χ4n) is 2.78. The Morgan fingerprint density at radius 3 is 2.18 bits per heavy atom. The molecule has 22 heavy (non-hydrogen) atoms. The zero-order chi connectivity index (χ0) is 15.8. The molecule has 0 heterocycles. The molecule has 2 aromatic rings. The standard InChI is InChI=1S/C17H18ClNO2S/c1-19(22(20,21)16-9-7-15(18)8-10-16)13-17(11-12-17)14-5-3-2-4-6-14/h2-10H,11-13H2,1H3. The van der Waals surface area contributed by atoms with E-state index in [4.69, 9.17) is 11.6 Å². The van der Waals surface area contributed by atoms with Crippen LogP contribution in [0.1, 0.15) is 18.4 Å². The van der Waals surface area contributed by atoms with Gasteiger partial charge in [-0.15, -0.1) is 0 Å². The quantitative estimate of drug-likeness (QED) is 0.835. The molecule has 0 bridgehead atoms. The highest BCUT2D eigenvalue weighted by Gasteiger charge is 2.46. The number of nitrogens with zero attached hydrogens (tertiary/aromatic N) is 1. The second-order valence-electron chi connectivity index (χ2n) is 5.86. The van der Waals surface area contributed by atoms with Crippen molar-refractivity contribution in [3.63, 3.8) is 0 Å². The average molecular weight is 336 g/mol. The minimum Gasteiger partial charge on any atom is -0.207 e. The number of hydrogen-bond donors (Lipinski definition) is 0. The van der Waals surface area contributed by atoms with Crippen LogP contribution >= 0.6 is 11.6 Å². The molecule has 0 N–H and O–H groups in total. The predicted octanol–water partition coefficient (Wildman–Crippen LogP) is 3.69. The van der Waals surface area contributed by atoms with E-state index in [9.17, 15) is 8.42 Å². The molecule has 0 amide bonds. The first kappa shape index (κ1) is 15.5. The lowest BCUT2D eigenvalue weighted by atomic mass is 9.96. The molecule has 2 aromatic carbocycles. The number of benzene rings is 2. The monoisotopic (exact) mass is 335 g/mol. The molecular weight excluding hydrogens is 318 g/mol. The third-order valence-corrected chi connectivity index (χ3v) is 6.36. The molecule has 116 valence electrons. The molecule has 0 spiro atoms. The van der Waals surface area contributed by atoms with Gasteiger partial charge in [-0.3, -0.25) is 0 Å². The van der Waals surface area contributed by atoms with Gasteiger partial charge in [0.2, 0.25) is 10.0 Å². The fraction of sp³-hybridized carbons (Fsp3) is 0.294. The summed E-state index contributed by atoms with van der Waals surface area (Å²) in [7, 11) is -1.84. The summed E-state index contributed by atoms with van der Waals surface area (Å²) >= 11 is 5.83. The molecule has 0 aromatic heterocycles. The normalized spacial score (nSPS) is 16.7. The molecule has 0 atom stereocenters. The van der Waals surface area contributed by atoms with Crippen molar-refractivity contribution < 1.29 is 8.42 Å². The van der Waals surface area contributed by atoms with Crippen molar-refractivity contribution in [1.29, 1.82) is 0 Å². The van der Waals surface area contributed by atoms with Crippen LogP contribution in [0.3, 0.4) is 0 Å². The third-order valence-electron chi connectivity index (χ3n) is 4.29. The van der Waals surface area contributed by atoms with Crippen molar-refractivity contribution >= 4 is 21.6 Å². The van der Waals surface area contributed by atoms with Crippen LogP contribution in [0.2, 0.25) is 5.02 Å². The lowest BCUT2D eigenvalue weighted by Crippen LogP contribution is -2.34. The molecule has 3 rings (SSSR count). The Balaban J connectivity index is 1.82. The molecule has 0 radical (unpaired) electrons. The van der Waals surface area contributed by atoms with E-state index in [1.165, 1.54) is 9.87 Å². The highest BCUT2D eigenvalue weighted by molar-refractivity contribution is 7.89. The smallest absolute Gasteiger partial charge is 0.207 e. The third kappa shape index (κ3) is 2.91. The van der Waals surface area contributed by atoms with Gasteiger partial charge in [-0.1, -0.05) is 41.9 Å². The van der Waals surface area contributed by atoms with E-state index in [2.05, 4.69) is 12.1 Å². The second kappa shape index (κ2) is 5.69. The summed E-state index contributed by atoms with van der Waals surface area (Å²) < 4.78 is 26.8. The Morgan fingerprint density at radius 1 is 1.05 bits per heavy atom. The van der Waals surface area contributed by atoms with Crippen molar-refractivity contribution in [2.24, 2.45) is 0 Å². The number of hydrogen-bond acceptors (Lipinski definition) is 2. The largest absolute Gasteiger partial charge is 0.242 e. The summed E-state index contributed by atoms with van der Waals surface area (Å²) in [6.45, 7) is 0.502. The summed E-state index contributed by atoms with van der Waals surface area (Å²) in [5, 5.41) is 0.532. The summed E-state index contributed by atoms with van der Waals surface area (Å²) in [4.78, 5) is 0.281. The minimum absolute atomic E-state index is 0.0322. The fourth-order valence-corrected chi connectivity index (χ4v) is 4.16. The van der Waals surface area contributed by atoms with Crippen LogP contribution in [0.25, 0.3) is 0 Å². The summed E-state index contributed by atoms with van der Waals surface area (Å²) in [6, 6.07) is 16.5. The van der Waals surface area contributed by atoms with E-state index in [0.29, 0.717) is 11.6 Å². The Labute approximate surface area is 136 Å².